The summed E-state index contributed by atoms with van der Waals surface area (Å²) in [4.78, 5) is 12.3. The predicted molar refractivity (Wildman–Crippen MR) is 114 cm³/mol. The van der Waals surface area contributed by atoms with Gasteiger partial charge in [0, 0.05) is 5.56 Å². The highest BCUT2D eigenvalue weighted by Gasteiger charge is 2.25. The lowest BCUT2D eigenvalue weighted by Gasteiger charge is -2.09. The molecule has 10 heteroatoms. The molecular formula is C20H18Cl2N2O5S. The molecule has 7 nitrogen and oxygen atoms in total. The standard InChI is InChI=1S/C20H18Cl2N2O5S/c1-3-11(2)19(25)28-20-17(12-4-7-14(8-5-12)30(23,26)27)18(24-29-20)13-6-9-15(21)16(22)10-13/h4-11H,3H2,1-2H3,(H2,23,26,27). The number of benzene rings is 2. The molecule has 0 aliphatic carbocycles. The number of halogens is 2. The van der Waals surface area contributed by atoms with Crippen LogP contribution in [-0.2, 0) is 14.8 Å². The van der Waals surface area contributed by atoms with Gasteiger partial charge < -0.3 is 9.26 Å². The maximum atomic E-state index is 12.3. The van der Waals surface area contributed by atoms with Crippen LogP contribution in [0, 0.1) is 5.92 Å². The van der Waals surface area contributed by atoms with Crippen molar-refractivity contribution in [3.05, 3.63) is 52.5 Å². The number of carbonyl (C=O) groups excluding carboxylic acids is 1. The molecule has 2 N–H and O–H groups in total. The second-order valence-corrected chi connectivity index (χ2v) is 9.00. The van der Waals surface area contributed by atoms with E-state index in [1.807, 2.05) is 6.92 Å². The molecule has 0 spiro atoms. The summed E-state index contributed by atoms with van der Waals surface area (Å²) in [5.41, 5.74) is 1.80. The van der Waals surface area contributed by atoms with Crippen molar-refractivity contribution in [1.82, 2.24) is 5.16 Å². The summed E-state index contributed by atoms with van der Waals surface area (Å²) in [6.07, 6.45) is 0.588. The molecule has 3 rings (SSSR count). The lowest BCUT2D eigenvalue weighted by molar-refractivity contribution is -0.139. The van der Waals surface area contributed by atoms with Crippen LogP contribution in [-0.4, -0.2) is 19.5 Å². The summed E-state index contributed by atoms with van der Waals surface area (Å²) in [7, 11) is -3.86. The zero-order valence-electron chi connectivity index (χ0n) is 16.1. The SMILES string of the molecule is CCC(C)C(=O)Oc1onc(-c2ccc(Cl)c(Cl)c2)c1-c1ccc(S(N)(=O)=O)cc1. The molecule has 0 amide bonds. The van der Waals surface area contributed by atoms with Crippen LogP contribution in [0.3, 0.4) is 0 Å². The highest BCUT2D eigenvalue weighted by atomic mass is 35.5. The summed E-state index contributed by atoms with van der Waals surface area (Å²) in [5.74, 6) is -0.928. The van der Waals surface area contributed by atoms with Crippen LogP contribution in [0.5, 0.6) is 5.95 Å². The van der Waals surface area contributed by atoms with Gasteiger partial charge in [-0.05, 0) is 36.2 Å². The Morgan fingerprint density at radius 1 is 1.13 bits per heavy atom. The normalized spacial score (nSPS) is 12.6. The Hall–Kier alpha value is -2.39. The van der Waals surface area contributed by atoms with E-state index in [1.165, 1.54) is 24.3 Å². The first-order chi connectivity index (χ1) is 14.1. The summed E-state index contributed by atoms with van der Waals surface area (Å²) in [6.45, 7) is 3.60. The molecule has 1 unspecified atom stereocenters. The fraction of sp³-hybridized carbons (Fsp3) is 0.200. The van der Waals surface area contributed by atoms with Gasteiger partial charge in [-0.1, -0.05) is 60.4 Å². The molecule has 0 bridgehead atoms. The molecule has 0 saturated heterocycles. The molecule has 3 aromatic rings. The number of hydrogen-bond donors (Lipinski definition) is 1. The van der Waals surface area contributed by atoms with Gasteiger partial charge in [0.25, 0.3) is 0 Å². The van der Waals surface area contributed by atoms with E-state index < -0.39 is 16.0 Å². The van der Waals surface area contributed by atoms with E-state index in [4.69, 9.17) is 37.6 Å². The number of hydrogen-bond acceptors (Lipinski definition) is 6. The van der Waals surface area contributed by atoms with Gasteiger partial charge in [0.15, 0.2) is 0 Å². The number of rotatable bonds is 6. The van der Waals surface area contributed by atoms with Gasteiger partial charge in [0.1, 0.15) is 5.69 Å². The third kappa shape index (κ3) is 4.67. The minimum atomic E-state index is -3.86. The lowest BCUT2D eigenvalue weighted by atomic mass is 10.0. The largest absolute Gasteiger partial charge is 0.390 e. The summed E-state index contributed by atoms with van der Waals surface area (Å²) < 4.78 is 33.9. The quantitative estimate of drug-likeness (QED) is 0.513. The number of esters is 1. The number of sulfonamides is 1. The fourth-order valence-electron chi connectivity index (χ4n) is 2.61. The highest BCUT2D eigenvalue weighted by Crippen LogP contribution is 2.41. The van der Waals surface area contributed by atoms with E-state index in [-0.39, 0.29) is 16.8 Å². The van der Waals surface area contributed by atoms with Gasteiger partial charge in [0.05, 0.1) is 26.4 Å². The number of nitrogens with two attached hydrogens (primary N) is 1. The Labute approximate surface area is 183 Å². The minimum absolute atomic E-state index is 0.0584. The molecule has 1 aromatic heterocycles. The average Bonchev–Trinajstić information content (AvgIpc) is 3.12. The van der Waals surface area contributed by atoms with E-state index in [9.17, 15) is 13.2 Å². The van der Waals surface area contributed by atoms with Gasteiger partial charge in [-0.15, -0.1) is 0 Å². The van der Waals surface area contributed by atoms with Gasteiger partial charge >= 0.3 is 11.9 Å². The number of nitrogens with zero attached hydrogens (tertiary/aromatic N) is 1. The van der Waals surface area contributed by atoms with Crippen LogP contribution in [0.1, 0.15) is 20.3 Å². The summed E-state index contributed by atoms with van der Waals surface area (Å²) in [5, 5.41) is 9.89. The minimum Gasteiger partial charge on any atom is -0.390 e. The van der Waals surface area contributed by atoms with Gasteiger partial charge in [-0.3, -0.25) is 4.79 Å². The molecule has 0 fully saturated rings. The molecule has 2 aromatic carbocycles. The van der Waals surface area contributed by atoms with Crippen molar-refractivity contribution in [2.24, 2.45) is 11.1 Å². The molecule has 158 valence electrons. The van der Waals surface area contributed by atoms with Crippen molar-refractivity contribution in [2.75, 3.05) is 0 Å². The third-order valence-electron chi connectivity index (χ3n) is 4.53. The average molecular weight is 469 g/mol. The second-order valence-electron chi connectivity index (χ2n) is 6.62. The van der Waals surface area contributed by atoms with Crippen molar-refractivity contribution in [2.45, 2.75) is 25.2 Å². The Morgan fingerprint density at radius 3 is 2.33 bits per heavy atom. The van der Waals surface area contributed by atoms with Crippen LogP contribution in [0.2, 0.25) is 10.0 Å². The van der Waals surface area contributed by atoms with Crippen LogP contribution < -0.4 is 9.88 Å². The van der Waals surface area contributed by atoms with E-state index in [0.29, 0.717) is 38.9 Å². The summed E-state index contributed by atoms with van der Waals surface area (Å²) in [6, 6.07) is 10.6. The maximum Gasteiger partial charge on any atom is 0.327 e. The van der Waals surface area contributed by atoms with Crippen molar-refractivity contribution in [1.29, 1.82) is 0 Å². The molecule has 30 heavy (non-hydrogen) atoms. The van der Waals surface area contributed by atoms with Crippen molar-refractivity contribution < 1.29 is 22.5 Å². The monoisotopic (exact) mass is 468 g/mol. The Morgan fingerprint density at radius 2 is 1.77 bits per heavy atom. The molecular weight excluding hydrogens is 451 g/mol. The molecule has 0 radical (unpaired) electrons. The third-order valence-corrected chi connectivity index (χ3v) is 6.20. The Kier molecular flexibility index (Phi) is 6.52. The number of ether oxygens (including phenoxy) is 1. The molecule has 0 saturated carbocycles. The van der Waals surface area contributed by atoms with E-state index in [0.717, 1.165) is 0 Å². The smallest absolute Gasteiger partial charge is 0.327 e. The van der Waals surface area contributed by atoms with E-state index in [1.54, 1.807) is 25.1 Å². The van der Waals surface area contributed by atoms with Gasteiger partial charge in [0.2, 0.25) is 10.0 Å². The van der Waals surface area contributed by atoms with Crippen LogP contribution in [0.25, 0.3) is 22.4 Å². The van der Waals surface area contributed by atoms with Crippen molar-refractivity contribution in [3.63, 3.8) is 0 Å². The molecule has 1 heterocycles. The highest BCUT2D eigenvalue weighted by molar-refractivity contribution is 7.89. The van der Waals surface area contributed by atoms with E-state index in [2.05, 4.69) is 5.16 Å². The number of aromatic nitrogens is 1. The van der Waals surface area contributed by atoms with Gasteiger partial charge in [-0.2, -0.15) is 0 Å². The second kappa shape index (κ2) is 8.77. The molecule has 0 aliphatic heterocycles. The number of primary sulfonamides is 1. The Balaban J connectivity index is 2.14. The van der Waals surface area contributed by atoms with E-state index >= 15 is 0 Å². The summed E-state index contributed by atoms with van der Waals surface area (Å²) >= 11 is 12.1. The van der Waals surface area contributed by atoms with Crippen LogP contribution in [0.15, 0.2) is 51.9 Å². The first kappa shape index (κ1) is 22.3. The first-order valence-corrected chi connectivity index (χ1v) is 11.2. The Bertz CT molecular complexity index is 1190. The topological polar surface area (TPSA) is 112 Å². The van der Waals surface area contributed by atoms with Crippen molar-refractivity contribution in [3.8, 4) is 28.3 Å². The van der Waals surface area contributed by atoms with Gasteiger partial charge in [-0.25, -0.2) is 13.6 Å². The predicted octanol–water partition coefficient (Wildman–Crippen LogP) is 4.91. The number of carbonyl (C=O) groups is 1. The zero-order chi connectivity index (χ0) is 22.1. The first-order valence-electron chi connectivity index (χ1n) is 8.91. The fourth-order valence-corrected chi connectivity index (χ4v) is 3.42. The molecule has 0 aliphatic rings. The van der Waals surface area contributed by atoms with Crippen LogP contribution in [0.4, 0.5) is 0 Å². The maximum absolute atomic E-state index is 12.3. The lowest BCUT2D eigenvalue weighted by Crippen LogP contribution is -2.17. The van der Waals surface area contributed by atoms with Crippen molar-refractivity contribution >= 4 is 39.2 Å². The van der Waals surface area contributed by atoms with Crippen LogP contribution >= 0.6 is 23.2 Å². The zero-order valence-corrected chi connectivity index (χ0v) is 18.4. The molecule has 1 atom stereocenters.